The number of nitrogens with zero attached hydrogens (tertiary/aromatic N) is 4. The Bertz CT molecular complexity index is 1280. The van der Waals surface area contributed by atoms with Crippen molar-refractivity contribution in [1.82, 2.24) is 14.8 Å². The molecule has 0 fully saturated rings. The lowest BCUT2D eigenvalue weighted by Gasteiger charge is -2.20. The van der Waals surface area contributed by atoms with E-state index in [0.717, 1.165) is 39.9 Å². The lowest BCUT2D eigenvalue weighted by atomic mass is 10.2. The van der Waals surface area contributed by atoms with Gasteiger partial charge in [-0.2, -0.15) is 0 Å². The molecule has 0 spiro atoms. The maximum absolute atomic E-state index is 11.9. The van der Waals surface area contributed by atoms with E-state index < -0.39 is 0 Å². The van der Waals surface area contributed by atoms with Gasteiger partial charge in [0, 0.05) is 29.6 Å². The van der Waals surface area contributed by atoms with Crippen molar-refractivity contribution >= 4 is 52.9 Å². The molecule has 0 unspecified atom stereocenters. The number of amides is 1. The first-order valence-corrected chi connectivity index (χ1v) is 14.0. The van der Waals surface area contributed by atoms with Crippen LogP contribution in [0.5, 0.6) is 5.75 Å². The zero-order valence-corrected chi connectivity index (χ0v) is 23.0. The molecule has 4 aromatic rings. The number of anilines is 2. The van der Waals surface area contributed by atoms with Crippen molar-refractivity contribution in [3.63, 3.8) is 0 Å². The molecule has 0 bridgehead atoms. The molecular weight excluding hydrogens is 530 g/mol. The Kier molecular flexibility index (Phi) is 9.84. The highest BCUT2D eigenvalue weighted by Crippen LogP contribution is 2.35. The SMILES string of the molecule is CCOCCN(C=O)c1ccc(OC)c(-n2c(NSCCc3ccc(Cl)cc3)nnc2-c2cccs2)c1. The molecule has 194 valence electrons. The second-order valence-electron chi connectivity index (χ2n) is 7.84. The zero-order valence-electron chi connectivity index (χ0n) is 20.6. The molecule has 0 radical (unpaired) electrons. The van der Waals surface area contributed by atoms with Crippen LogP contribution in [0.3, 0.4) is 0 Å². The highest BCUT2D eigenvalue weighted by atomic mass is 35.5. The normalized spacial score (nSPS) is 10.9. The third kappa shape index (κ3) is 6.84. The lowest BCUT2D eigenvalue weighted by molar-refractivity contribution is -0.107. The van der Waals surface area contributed by atoms with Gasteiger partial charge >= 0.3 is 0 Å². The van der Waals surface area contributed by atoms with Gasteiger partial charge in [-0.15, -0.1) is 21.5 Å². The van der Waals surface area contributed by atoms with Crippen LogP contribution in [-0.2, 0) is 16.0 Å². The number of hydrogen-bond donors (Lipinski definition) is 1. The number of aromatic nitrogens is 3. The van der Waals surface area contributed by atoms with E-state index in [-0.39, 0.29) is 0 Å². The highest BCUT2D eigenvalue weighted by molar-refractivity contribution is 8.00. The van der Waals surface area contributed by atoms with E-state index in [1.54, 1.807) is 23.3 Å². The molecule has 37 heavy (non-hydrogen) atoms. The maximum Gasteiger partial charge on any atom is 0.239 e. The summed E-state index contributed by atoms with van der Waals surface area (Å²) in [5, 5.41) is 11.7. The summed E-state index contributed by atoms with van der Waals surface area (Å²) < 4.78 is 16.4. The van der Waals surface area contributed by atoms with E-state index in [9.17, 15) is 4.79 Å². The summed E-state index contributed by atoms with van der Waals surface area (Å²) in [7, 11) is 1.62. The van der Waals surface area contributed by atoms with Gasteiger partial charge < -0.3 is 14.4 Å². The van der Waals surface area contributed by atoms with Gasteiger partial charge in [-0.25, -0.2) is 0 Å². The van der Waals surface area contributed by atoms with Crippen LogP contribution in [0.15, 0.2) is 60.0 Å². The van der Waals surface area contributed by atoms with E-state index in [0.29, 0.717) is 37.3 Å². The zero-order chi connectivity index (χ0) is 26.0. The second-order valence-corrected chi connectivity index (χ2v) is 10.1. The van der Waals surface area contributed by atoms with Gasteiger partial charge in [-0.1, -0.05) is 29.8 Å². The molecule has 0 aliphatic heterocycles. The molecule has 1 N–H and O–H groups in total. The van der Waals surface area contributed by atoms with Gasteiger partial charge in [0.2, 0.25) is 12.4 Å². The number of rotatable bonds is 14. The van der Waals surface area contributed by atoms with Crippen LogP contribution in [-0.4, -0.2) is 53.8 Å². The minimum atomic E-state index is 0.439. The third-order valence-electron chi connectivity index (χ3n) is 5.52. The van der Waals surface area contributed by atoms with Crippen LogP contribution < -0.4 is 14.4 Å². The van der Waals surface area contributed by atoms with Gasteiger partial charge in [0.25, 0.3) is 0 Å². The van der Waals surface area contributed by atoms with Crippen LogP contribution in [0, 0.1) is 0 Å². The standard InChI is InChI=1S/C26H28ClN5O3S2/c1-3-35-14-13-31(18-33)21-10-11-23(34-2)22(17-21)32-25(24-5-4-15-36-24)28-29-26(32)30-37-16-12-19-6-8-20(27)9-7-19/h4-11,15,17-18H,3,12-14,16H2,1-2H3,(H,29,30). The van der Waals surface area contributed by atoms with Crippen molar-refractivity contribution in [2.45, 2.75) is 13.3 Å². The number of methoxy groups -OCH3 is 1. The van der Waals surface area contributed by atoms with Crippen molar-refractivity contribution in [3.05, 3.63) is 70.6 Å². The molecule has 0 saturated heterocycles. The Labute approximate surface area is 229 Å². The number of benzene rings is 2. The summed E-state index contributed by atoms with van der Waals surface area (Å²) >= 11 is 9.11. The van der Waals surface area contributed by atoms with Crippen LogP contribution in [0.25, 0.3) is 16.4 Å². The van der Waals surface area contributed by atoms with Crippen LogP contribution in [0.4, 0.5) is 11.6 Å². The molecule has 1 amide bonds. The Hall–Kier alpha value is -3.05. The predicted octanol–water partition coefficient (Wildman–Crippen LogP) is 5.96. The maximum atomic E-state index is 11.9. The van der Waals surface area contributed by atoms with E-state index >= 15 is 0 Å². The average molecular weight is 558 g/mol. The Morgan fingerprint density at radius 1 is 1.19 bits per heavy atom. The molecule has 11 heteroatoms. The van der Waals surface area contributed by atoms with Crippen molar-refractivity contribution in [1.29, 1.82) is 0 Å². The minimum absolute atomic E-state index is 0.439. The lowest BCUT2D eigenvalue weighted by Crippen LogP contribution is -2.26. The quantitative estimate of drug-likeness (QED) is 0.116. The fourth-order valence-corrected chi connectivity index (χ4v) is 5.19. The van der Waals surface area contributed by atoms with Crippen molar-refractivity contribution < 1.29 is 14.3 Å². The molecule has 2 aromatic heterocycles. The van der Waals surface area contributed by atoms with E-state index in [1.165, 1.54) is 17.5 Å². The van der Waals surface area contributed by atoms with Crippen LogP contribution in [0.2, 0.25) is 5.02 Å². The van der Waals surface area contributed by atoms with Crippen molar-refractivity contribution in [2.75, 3.05) is 42.2 Å². The average Bonchev–Trinajstić information content (AvgIpc) is 3.60. The summed E-state index contributed by atoms with van der Waals surface area (Å²) in [6.45, 7) is 3.41. The van der Waals surface area contributed by atoms with Crippen LogP contribution in [0.1, 0.15) is 12.5 Å². The molecule has 0 aliphatic rings. The molecule has 2 heterocycles. The highest BCUT2D eigenvalue weighted by Gasteiger charge is 2.21. The fraction of sp³-hybridized carbons (Fsp3) is 0.269. The van der Waals surface area contributed by atoms with E-state index in [4.69, 9.17) is 21.1 Å². The number of hydrogen-bond acceptors (Lipinski definition) is 8. The topological polar surface area (TPSA) is 81.5 Å². The van der Waals surface area contributed by atoms with Crippen LogP contribution >= 0.6 is 34.9 Å². The molecule has 0 aliphatic carbocycles. The number of carbonyl (C=O) groups excluding carboxylic acids is 1. The molecule has 4 rings (SSSR count). The van der Waals surface area contributed by atoms with Gasteiger partial charge in [-0.05, 0) is 72.6 Å². The van der Waals surface area contributed by atoms with Crippen molar-refractivity contribution in [2.24, 2.45) is 0 Å². The minimum Gasteiger partial charge on any atom is -0.495 e. The van der Waals surface area contributed by atoms with Gasteiger partial charge in [0.1, 0.15) is 5.75 Å². The van der Waals surface area contributed by atoms with E-state index in [2.05, 4.69) is 14.9 Å². The summed E-state index contributed by atoms with van der Waals surface area (Å²) in [6, 6.07) is 17.4. The summed E-state index contributed by atoms with van der Waals surface area (Å²) in [5.41, 5.74) is 2.64. The second kappa shape index (κ2) is 13.5. The molecule has 8 nitrogen and oxygen atoms in total. The van der Waals surface area contributed by atoms with Gasteiger partial charge in [0.05, 0.1) is 24.3 Å². The van der Waals surface area contributed by atoms with Gasteiger partial charge in [-0.3, -0.25) is 14.1 Å². The summed E-state index contributed by atoms with van der Waals surface area (Å²) in [4.78, 5) is 14.4. The fourth-order valence-electron chi connectivity index (χ4n) is 3.66. The molecule has 0 atom stereocenters. The van der Waals surface area contributed by atoms with E-state index in [1.807, 2.05) is 71.5 Å². The molecule has 0 saturated carbocycles. The smallest absolute Gasteiger partial charge is 0.239 e. The number of nitrogens with one attached hydrogen (secondary N) is 1. The number of carbonyl (C=O) groups is 1. The number of halogens is 1. The summed E-state index contributed by atoms with van der Waals surface area (Å²) in [5.74, 6) is 2.69. The first kappa shape index (κ1) is 27.0. The Morgan fingerprint density at radius 2 is 2.03 bits per heavy atom. The third-order valence-corrected chi connectivity index (χ3v) is 7.37. The Balaban J connectivity index is 1.63. The first-order valence-electron chi connectivity index (χ1n) is 11.7. The number of thiophene rings is 1. The monoisotopic (exact) mass is 557 g/mol. The number of aryl methyl sites for hydroxylation is 1. The molecule has 2 aromatic carbocycles. The van der Waals surface area contributed by atoms with Crippen molar-refractivity contribution in [3.8, 4) is 22.1 Å². The Morgan fingerprint density at radius 3 is 2.73 bits per heavy atom. The number of ether oxygens (including phenoxy) is 2. The largest absolute Gasteiger partial charge is 0.495 e. The first-order chi connectivity index (χ1) is 18.1. The molecular formula is C26H28ClN5O3S2. The van der Waals surface area contributed by atoms with Gasteiger partial charge in [0.15, 0.2) is 5.82 Å². The predicted molar refractivity (Wildman–Crippen MR) is 152 cm³/mol. The summed E-state index contributed by atoms with van der Waals surface area (Å²) in [6.07, 6.45) is 1.68.